The van der Waals surface area contributed by atoms with Crippen LogP contribution < -0.4 is 5.32 Å². The Balaban J connectivity index is 1.30. The Labute approximate surface area is 195 Å². The van der Waals surface area contributed by atoms with Crippen LogP contribution in [0.5, 0.6) is 0 Å². The van der Waals surface area contributed by atoms with Gasteiger partial charge in [-0.05, 0) is 55.9 Å². The van der Waals surface area contributed by atoms with E-state index in [1.807, 2.05) is 24.0 Å². The molecule has 2 bridgehead atoms. The van der Waals surface area contributed by atoms with E-state index < -0.39 is 0 Å². The molecule has 2 atom stereocenters. The molecule has 0 unspecified atom stereocenters. The Kier molecular flexibility index (Phi) is 4.82. The molecular formula is C24H24FN7O2. The van der Waals surface area contributed by atoms with Gasteiger partial charge in [-0.25, -0.2) is 9.37 Å². The number of carbonyl (C=O) groups excluding carboxylic acids is 1. The molecular weight excluding hydrogens is 437 g/mol. The molecule has 7 rings (SSSR count). The highest BCUT2D eigenvalue weighted by molar-refractivity contribution is 5.96. The number of nitrogens with zero attached hydrogens (tertiary/aromatic N) is 6. The fourth-order valence-electron chi connectivity index (χ4n) is 5.22. The highest BCUT2D eigenvalue weighted by Crippen LogP contribution is 2.47. The third-order valence-corrected chi connectivity index (χ3v) is 7.15. The van der Waals surface area contributed by atoms with E-state index in [2.05, 4.69) is 32.4 Å². The van der Waals surface area contributed by atoms with Gasteiger partial charge in [0.15, 0.2) is 11.3 Å². The lowest BCUT2D eigenvalue weighted by atomic mass is 9.64. The molecule has 4 aromatic rings. The molecule has 3 fully saturated rings. The number of fused-ring (bicyclic) bond motifs is 3. The number of hydrogen-bond donors (Lipinski definition) is 1. The van der Waals surface area contributed by atoms with Crippen LogP contribution in [0.2, 0.25) is 0 Å². The number of halogens is 1. The molecule has 2 aliphatic heterocycles. The molecule has 10 heteroatoms. The maximum atomic E-state index is 13.9. The van der Waals surface area contributed by atoms with Gasteiger partial charge in [0.25, 0.3) is 11.9 Å². The summed E-state index contributed by atoms with van der Waals surface area (Å²) in [5, 5.41) is 11.7. The van der Waals surface area contributed by atoms with Crippen LogP contribution in [0.15, 0.2) is 47.1 Å². The van der Waals surface area contributed by atoms with Gasteiger partial charge in [0.1, 0.15) is 17.0 Å². The second-order valence-corrected chi connectivity index (χ2v) is 9.18. The number of anilines is 1. The average molecular weight is 462 g/mol. The van der Waals surface area contributed by atoms with Gasteiger partial charge in [-0.2, -0.15) is 15.2 Å². The van der Waals surface area contributed by atoms with Gasteiger partial charge in [-0.15, -0.1) is 4.80 Å². The van der Waals surface area contributed by atoms with Crippen LogP contribution in [0, 0.1) is 24.6 Å². The Morgan fingerprint density at radius 2 is 1.97 bits per heavy atom. The normalized spacial score (nSPS) is 23.7. The summed E-state index contributed by atoms with van der Waals surface area (Å²) < 4.78 is 19.2. The zero-order valence-electron chi connectivity index (χ0n) is 18.8. The van der Waals surface area contributed by atoms with Gasteiger partial charge in [0, 0.05) is 24.3 Å². The summed E-state index contributed by atoms with van der Waals surface area (Å²) in [5.41, 5.74) is 2.62. The summed E-state index contributed by atoms with van der Waals surface area (Å²) in [5.74, 6) is 0.370. The number of piperidine rings is 2. The number of nitrogens with one attached hydrogen (secondary N) is 1. The van der Waals surface area contributed by atoms with Gasteiger partial charge >= 0.3 is 0 Å². The van der Waals surface area contributed by atoms with Crippen LogP contribution in [0.1, 0.15) is 35.9 Å². The third-order valence-electron chi connectivity index (χ3n) is 7.15. The average Bonchev–Trinajstić information content (AvgIpc) is 3.46. The van der Waals surface area contributed by atoms with Gasteiger partial charge < -0.3 is 14.6 Å². The summed E-state index contributed by atoms with van der Waals surface area (Å²) in [4.78, 5) is 26.3. The lowest BCUT2D eigenvalue weighted by Gasteiger charge is -2.57. The number of oxazole rings is 1. The number of rotatable bonds is 5. The standard InChI is InChI=1S/C24H24FN7O2/c1-13-3-6-19(32-27-7-8-28-32)22(29-13)23(33)31-17-9-15(10-17)14(2)20(31)12-26-24-30-18-5-4-16(25)11-21(18)34-24/h3-8,11,14-15,17,20H,9-10,12H2,1-2H3,(H,26,30)/t14-,15?,17?,20-/m1/s1. The molecule has 5 heterocycles. The minimum absolute atomic E-state index is 0.0718. The molecule has 9 nitrogen and oxygen atoms in total. The van der Waals surface area contributed by atoms with Crippen LogP contribution in [0.4, 0.5) is 10.4 Å². The zero-order chi connectivity index (χ0) is 23.4. The SMILES string of the molecule is Cc1ccc(-n2nccn2)c(C(=O)N2C3CC(C3)[C@@H](C)[C@H]2CNc2nc3ccc(F)cc3o2)n1. The summed E-state index contributed by atoms with van der Waals surface area (Å²) in [6.45, 7) is 4.52. The van der Waals surface area contributed by atoms with E-state index in [4.69, 9.17) is 4.42 Å². The van der Waals surface area contributed by atoms with Crippen LogP contribution in [0.3, 0.4) is 0 Å². The van der Waals surface area contributed by atoms with Crippen molar-refractivity contribution in [3.63, 3.8) is 0 Å². The number of aromatic nitrogens is 5. The Bertz CT molecular complexity index is 1360. The molecule has 0 radical (unpaired) electrons. The topological polar surface area (TPSA) is 102 Å². The maximum Gasteiger partial charge on any atom is 0.295 e. The number of carbonyl (C=O) groups is 1. The third kappa shape index (κ3) is 3.41. The van der Waals surface area contributed by atoms with Crippen LogP contribution in [0.25, 0.3) is 16.8 Å². The fraction of sp³-hybridized carbons (Fsp3) is 0.375. The van der Waals surface area contributed by atoms with Gasteiger partial charge in [-0.1, -0.05) is 6.92 Å². The largest absolute Gasteiger partial charge is 0.423 e. The van der Waals surface area contributed by atoms with E-state index >= 15 is 0 Å². The van der Waals surface area contributed by atoms with E-state index in [9.17, 15) is 9.18 Å². The van der Waals surface area contributed by atoms with E-state index in [1.165, 1.54) is 16.9 Å². The summed E-state index contributed by atoms with van der Waals surface area (Å²) in [6.07, 6.45) is 5.14. The molecule has 3 aromatic heterocycles. The molecule has 1 amide bonds. The highest BCUT2D eigenvalue weighted by atomic mass is 19.1. The lowest BCUT2D eigenvalue weighted by molar-refractivity contribution is -0.0506. The molecule has 1 aromatic carbocycles. The van der Waals surface area contributed by atoms with E-state index in [1.54, 1.807) is 18.5 Å². The first-order valence-electron chi connectivity index (χ1n) is 11.4. The number of amides is 1. The van der Waals surface area contributed by atoms with E-state index in [-0.39, 0.29) is 23.8 Å². The van der Waals surface area contributed by atoms with Crippen molar-refractivity contribution in [1.29, 1.82) is 0 Å². The first-order valence-corrected chi connectivity index (χ1v) is 11.4. The molecule has 1 aliphatic carbocycles. The maximum absolute atomic E-state index is 13.9. The molecule has 1 saturated carbocycles. The van der Waals surface area contributed by atoms with Crippen molar-refractivity contribution in [3.05, 3.63) is 59.9 Å². The molecule has 34 heavy (non-hydrogen) atoms. The van der Waals surface area contributed by atoms with Crippen LogP contribution >= 0.6 is 0 Å². The zero-order valence-corrected chi connectivity index (χ0v) is 18.8. The van der Waals surface area contributed by atoms with Crippen LogP contribution in [-0.2, 0) is 0 Å². The number of pyridine rings is 1. The van der Waals surface area contributed by atoms with E-state index in [0.29, 0.717) is 46.9 Å². The predicted molar refractivity (Wildman–Crippen MR) is 122 cm³/mol. The predicted octanol–water partition coefficient (Wildman–Crippen LogP) is 3.60. The first-order chi connectivity index (χ1) is 16.5. The lowest BCUT2D eigenvalue weighted by Crippen LogP contribution is -2.64. The van der Waals surface area contributed by atoms with Crippen LogP contribution in [-0.4, -0.2) is 54.4 Å². The molecule has 1 N–H and O–H groups in total. The Morgan fingerprint density at radius 3 is 2.76 bits per heavy atom. The van der Waals surface area contributed by atoms with Crippen molar-refractivity contribution in [2.45, 2.75) is 38.8 Å². The van der Waals surface area contributed by atoms with Gasteiger partial charge in [-0.3, -0.25) is 4.79 Å². The highest BCUT2D eigenvalue weighted by Gasteiger charge is 2.51. The minimum Gasteiger partial charge on any atom is -0.423 e. The minimum atomic E-state index is -0.374. The number of aryl methyl sites for hydroxylation is 1. The molecule has 2 saturated heterocycles. The molecule has 174 valence electrons. The second kappa shape index (κ2) is 7.89. The Morgan fingerprint density at radius 1 is 1.18 bits per heavy atom. The monoisotopic (exact) mass is 461 g/mol. The van der Waals surface area contributed by atoms with Crippen molar-refractivity contribution in [1.82, 2.24) is 29.9 Å². The molecule has 0 spiro atoms. The van der Waals surface area contributed by atoms with E-state index in [0.717, 1.165) is 18.5 Å². The second-order valence-electron chi connectivity index (χ2n) is 9.18. The summed E-state index contributed by atoms with van der Waals surface area (Å²) in [6, 6.07) is 8.34. The van der Waals surface area contributed by atoms with Gasteiger partial charge in [0.2, 0.25) is 0 Å². The summed E-state index contributed by atoms with van der Waals surface area (Å²) in [7, 11) is 0. The van der Waals surface area contributed by atoms with Crippen molar-refractivity contribution < 1.29 is 13.6 Å². The fourth-order valence-corrected chi connectivity index (χ4v) is 5.22. The van der Waals surface area contributed by atoms with Crippen molar-refractivity contribution >= 4 is 23.0 Å². The molecule has 3 aliphatic rings. The first kappa shape index (κ1) is 20.8. The number of hydrogen-bond acceptors (Lipinski definition) is 7. The van der Waals surface area contributed by atoms with Gasteiger partial charge in [0.05, 0.1) is 18.4 Å². The number of benzene rings is 1. The smallest absolute Gasteiger partial charge is 0.295 e. The van der Waals surface area contributed by atoms with Crippen molar-refractivity contribution in [2.75, 3.05) is 11.9 Å². The van der Waals surface area contributed by atoms with Crippen molar-refractivity contribution in [2.24, 2.45) is 11.8 Å². The quantitative estimate of drug-likeness (QED) is 0.484. The van der Waals surface area contributed by atoms with Crippen molar-refractivity contribution in [3.8, 4) is 5.69 Å². The summed E-state index contributed by atoms with van der Waals surface area (Å²) >= 11 is 0. The Hall–Kier alpha value is -3.82.